The maximum atomic E-state index is 10.6. The van der Waals surface area contributed by atoms with Gasteiger partial charge in [-0.2, -0.15) is 0 Å². The van der Waals surface area contributed by atoms with Gasteiger partial charge in [-0.25, -0.2) is 0 Å². The number of non-ortho nitro benzene ring substituents is 1. The standard InChI is InChI=1S/C17H20N4O2S/c22-21(23)16-8-6-15(7-9-16)18-12-13-20-17(24)19-11-10-14-4-2-1-3-5-14/h1-9,18H,10-13H2,(H2,19,20,24). The van der Waals surface area contributed by atoms with Crippen LogP contribution in [0, 0.1) is 10.1 Å². The molecule has 0 unspecified atom stereocenters. The number of nitrogens with one attached hydrogen (secondary N) is 3. The lowest BCUT2D eigenvalue weighted by Crippen LogP contribution is -2.38. The van der Waals surface area contributed by atoms with Crippen molar-refractivity contribution in [3.05, 3.63) is 70.3 Å². The molecule has 2 rings (SSSR count). The summed E-state index contributed by atoms with van der Waals surface area (Å²) in [6, 6.07) is 16.6. The van der Waals surface area contributed by atoms with Crippen molar-refractivity contribution in [2.75, 3.05) is 25.0 Å². The molecular weight excluding hydrogens is 324 g/mol. The molecule has 0 aliphatic rings. The molecule has 6 nitrogen and oxygen atoms in total. The first-order chi connectivity index (χ1) is 11.6. The Morgan fingerprint density at radius 2 is 1.62 bits per heavy atom. The second kappa shape index (κ2) is 9.46. The first kappa shape index (κ1) is 17.7. The topological polar surface area (TPSA) is 79.2 Å². The Hall–Kier alpha value is -2.67. The molecule has 2 aromatic carbocycles. The highest BCUT2D eigenvalue weighted by Gasteiger charge is 2.03. The summed E-state index contributed by atoms with van der Waals surface area (Å²) < 4.78 is 0. The van der Waals surface area contributed by atoms with Crippen molar-refractivity contribution in [3.63, 3.8) is 0 Å². The monoisotopic (exact) mass is 344 g/mol. The van der Waals surface area contributed by atoms with E-state index in [1.54, 1.807) is 12.1 Å². The average molecular weight is 344 g/mol. The minimum absolute atomic E-state index is 0.0856. The molecule has 2 aromatic rings. The summed E-state index contributed by atoms with van der Waals surface area (Å²) in [6.45, 7) is 2.11. The minimum Gasteiger partial charge on any atom is -0.383 e. The Kier molecular flexibility index (Phi) is 6.97. The number of hydrogen-bond acceptors (Lipinski definition) is 4. The minimum atomic E-state index is -0.412. The molecule has 0 fully saturated rings. The highest BCUT2D eigenvalue weighted by atomic mass is 32.1. The van der Waals surface area contributed by atoms with E-state index in [4.69, 9.17) is 12.2 Å². The molecule has 0 aromatic heterocycles. The molecule has 0 bridgehead atoms. The number of anilines is 1. The van der Waals surface area contributed by atoms with Gasteiger partial charge in [-0.1, -0.05) is 30.3 Å². The van der Waals surface area contributed by atoms with E-state index in [-0.39, 0.29) is 5.69 Å². The molecule has 7 heteroatoms. The van der Waals surface area contributed by atoms with Gasteiger partial charge in [0, 0.05) is 37.5 Å². The number of thiocarbonyl (C=S) groups is 1. The van der Waals surface area contributed by atoms with Crippen LogP contribution in [0.5, 0.6) is 0 Å². The fourth-order valence-corrected chi connectivity index (χ4v) is 2.32. The molecule has 0 heterocycles. The van der Waals surface area contributed by atoms with Crippen LogP contribution in [0.3, 0.4) is 0 Å². The summed E-state index contributed by atoms with van der Waals surface area (Å²) in [5.74, 6) is 0. The smallest absolute Gasteiger partial charge is 0.269 e. The summed E-state index contributed by atoms with van der Waals surface area (Å²) in [5.41, 5.74) is 2.19. The van der Waals surface area contributed by atoms with Gasteiger partial charge < -0.3 is 16.0 Å². The van der Waals surface area contributed by atoms with E-state index >= 15 is 0 Å². The molecule has 0 amide bonds. The zero-order chi connectivity index (χ0) is 17.2. The molecule has 0 saturated carbocycles. The molecule has 3 N–H and O–H groups in total. The Balaban J connectivity index is 1.58. The summed E-state index contributed by atoms with van der Waals surface area (Å²) in [5, 5.41) is 20.7. The van der Waals surface area contributed by atoms with Gasteiger partial charge in [-0.3, -0.25) is 10.1 Å². The highest BCUT2D eigenvalue weighted by molar-refractivity contribution is 7.80. The summed E-state index contributed by atoms with van der Waals surface area (Å²) in [7, 11) is 0. The molecule has 0 saturated heterocycles. The summed E-state index contributed by atoms with van der Waals surface area (Å²) >= 11 is 5.22. The van der Waals surface area contributed by atoms with Crippen molar-refractivity contribution in [3.8, 4) is 0 Å². The maximum absolute atomic E-state index is 10.6. The van der Waals surface area contributed by atoms with Crippen molar-refractivity contribution in [2.45, 2.75) is 6.42 Å². The third-order valence-electron chi connectivity index (χ3n) is 3.36. The SMILES string of the molecule is O=[N+]([O-])c1ccc(NCCNC(=S)NCCc2ccccc2)cc1. The van der Waals surface area contributed by atoms with Crippen molar-refractivity contribution in [2.24, 2.45) is 0 Å². The van der Waals surface area contributed by atoms with Gasteiger partial charge >= 0.3 is 0 Å². The molecule has 0 aliphatic carbocycles. The lowest BCUT2D eigenvalue weighted by atomic mass is 10.1. The summed E-state index contributed by atoms with van der Waals surface area (Å²) in [6.07, 6.45) is 0.920. The zero-order valence-electron chi connectivity index (χ0n) is 13.2. The quantitative estimate of drug-likeness (QED) is 0.296. The largest absolute Gasteiger partial charge is 0.383 e. The van der Waals surface area contributed by atoms with E-state index in [2.05, 4.69) is 28.1 Å². The number of rotatable bonds is 8. The van der Waals surface area contributed by atoms with Crippen LogP contribution in [0.1, 0.15) is 5.56 Å². The van der Waals surface area contributed by atoms with E-state index < -0.39 is 4.92 Å². The second-order valence-corrected chi connectivity index (χ2v) is 5.56. The Labute approximate surface area is 146 Å². The van der Waals surface area contributed by atoms with Crippen molar-refractivity contribution < 1.29 is 4.92 Å². The first-order valence-electron chi connectivity index (χ1n) is 7.69. The van der Waals surface area contributed by atoms with Gasteiger partial charge in [0.05, 0.1) is 4.92 Å². The van der Waals surface area contributed by atoms with Crippen LogP contribution in [0.25, 0.3) is 0 Å². The highest BCUT2D eigenvalue weighted by Crippen LogP contribution is 2.14. The molecular formula is C17H20N4O2S. The third-order valence-corrected chi connectivity index (χ3v) is 3.65. The molecule has 0 atom stereocenters. The zero-order valence-corrected chi connectivity index (χ0v) is 14.0. The van der Waals surface area contributed by atoms with Gasteiger partial charge in [0.15, 0.2) is 5.11 Å². The van der Waals surface area contributed by atoms with E-state index in [9.17, 15) is 10.1 Å². The van der Waals surface area contributed by atoms with Crippen LogP contribution in [0.2, 0.25) is 0 Å². The number of nitro benzene ring substituents is 1. The predicted molar refractivity (Wildman–Crippen MR) is 100 cm³/mol. The van der Waals surface area contributed by atoms with Crippen molar-refractivity contribution in [1.29, 1.82) is 0 Å². The van der Waals surface area contributed by atoms with E-state index in [1.165, 1.54) is 17.7 Å². The Morgan fingerprint density at radius 1 is 0.958 bits per heavy atom. The lowest BCUT2D eigenvalue weighted by Gasteiger charge is -2.11. The number of benzene rings is 2. The fraction of sp³-hybridized carbons (Fsp3) is 0.235. The Bertz CT molecular complexity index is 662. The number of nitro groups is 1. The maximum Gasteiger partial charge on any atom is 0.269 e. The third kappa shape index (κ3) is 6.21. The normalized spacial score (nSPS) is 10.0. The van der Waals surface area contributed by atoms with Crippen LogP contribution in [-0.4, -0.2) is 29.7 Å². The number of nitrogens with zero attached hydrogens (tertiary/aromatic N) is 1. The van der Waals surface area contributed by atoms with E-state index in [1.807, 2.05) is 18.2 Å². The fourth-order valence-electron chi connectivity index (χ4n) is 2.11. The number of hydrogen-bond donors (Lipinski definition) is 3. The van der Waals surface area contributed by atoms with Gasteiger partial charge in [0.25, 0.3) is 5.69 Å². The van der Waals surface area contributed by atoms with Crippen LogP contribution < -0.4 is 16.0 Å². The predicted octanol–water partition coefficient (Wildman–Crippen LogP) is 2.71. The van der Waals surface area contributed by atoms with E-state index in [0.717, 1.165) is 18.7 Å². The Morgan fingerprint density at radius 3 is 2.29 bits per heavy atom. The lowest BCUT2D eigenvalue weighted by molar-refractivity contribution is -0.384. The van der Waals surface area contributed by atoms with Crippen LogP contribution in [0.15, 0.2) is 54.6 Å². The van der Waals surface area contributed by atoms with Crippen molar-refractivity contribution >= 4 is 28.7 Å². The van der Waals surface area contributed by atoms with Gasteiger partial charge in [-0.05, 0) is 36.3 Å². The van der Waals surface area contributed by atoms with Gasteiger partial charge in [0.2, 0.25) is 0 Å². The van der Waals surface area contributed by atoms with Crippen molar-refractivity contribution in [1.82, 2.24) is 10.6 Å². The van der Waals surface area contributed by atoms with Crippen LogP contribution in [-0.2, 0) is 6.42 Å². The first-order valence-corrected chi connectivity index (χ1v) is 8.10. The van der Waals surface area contributed by atoms with Crippen LogP contribution in [0.4, 0.5) is 11.4 Å². The van der Waals surface area contributed by atoms with Gasteiger partial charge in [-0.15, -0.1) is 0 Å². The molecule has 126 valence electrons. The second-order valence-electron chi connectivity index (χ2n) is 5.15. The summed E-state index contributed by atoms with van der Waals surface area (Å²) in [4.78, 5) is 10.2. The average Bonchev–Trinajstić information content (AvgIpc) is 2.60. The van der Waals surface area contributed by atoms with Crippen LogP contribution >= 0.6 is 12.2 Å². The molecule has 0 aliphatic heterocycles. The molecule has 0 spiro atoms. The van der Waals surface area contributed by atoms with Gasteiger partial charge in [0.1, 0.15) is 0 Å². The molecule has 0 radical (unpaired) electrons. The van der Waals surface area contributed by atoms with E-state index in [0.29, 0.717) is 18.2 Å². The molecule has 24 heavy (non-hydrogen) atoms.